The molecule has 12 nitrogen and oxygen atoms in total. The number of nitrogens with one attached hydrogen (secondary N) is 1. The number of hydrogen-bond acceptors (Lipinski definition) is 10. The zero-order valence-electron chi connectivity index (χ0n) is 18.5. The maximum Gasteiger partial charge on any atom is 0.475 e. The minimum absolute atomic E-state index is 0.0190. The molecular formula is C20H27N2O10P. The zero-order chi connectivity index (χ0) is 24.4. The number of aromatic amines is 1. The highest BCUT2D eigenvalue weighted by molar-refractivity contribution is 7.48. The lowest BCUT2D eigenvalue weighted by Gasteiger charge is -2.35. The van der Waals surface area contributed by atoms with Gasteiger partial charge in [0.1, 0.15) is 17.6 Å². The summed E-state index contributed by atoms with van der Waals surface area (Å²) in [5.74, 6) is 1.09. The van der Waals surface area contributed by atoms with Gasteiger partial charge in [0.15, 0.2) is 6.23 Å². The van der Waals surface area contributed by atoms with E-state index in [9.17, 15) is 24.1 Å². The quantitative estimate of drug-likeness (QED) is 0.302. The average molecular weight is 486 g/mol. The number of ether oxygens (including phenoxy) is 2. The van der Waals surface area contributed by atoms with Gasteiger partial charge in [-0.15, -0.1) is 6.42 Å². The summed E-state index contributed by atoms with van der Waals surface area (Å²) in [7, 11) is -4.09. The topological polar surface area (TPSA) is 155 Å². The number of fused-ring (bicyclic) bond motifs is 1. The van der Waals surface area contributed by atoms with E-state index in [1.54, 1.807) is 20.8 Å². The molecule has 3 heterocycles. The van der Waals surface area contributed by atoms with Crippen LogP contribution in [0.25, 0.3) is 0 Å². The van der Waals surface area contributed by atoms with Crippen LogP contribution in [-0.4, -0.2) is 58.8 Å². The fourth-order valence-corrected chi connectivity index (χ4v) is 5.14. The van der Waals surface area contributed by atoms with Gasteiger partial charge in [-0.05, 0) is 27.2 Å². The molecule has 2 N–H and O–H groups in total. The Hall–Kier alpha value is -2.26. The summed E-state index contributed by atoms with van der Waals surface area (Å²) < 4.78 is 41.4. The van der Waals surface area contributed by atoms with Gasteiger partial charge in [0.2, 0.25) is 0 Å². The lowest BCUT2D eigenvalue weighted by atomic mass is 9.83. The molecule has 0 amide bonds. The van der Waals surface area contributed by atoms with E-state index in [1.807, 2.05) is 0 Å². The van der Waals surface area contributed by atoms with Crippen LogP contribution in [0.4, 0.5) is 0 Å². The van der Waals surface area contributed by atoms with Gasteiger partial charge in [-0.3, -0.25) is 32.7 Å². The van der Waals surface area contributed by atoms with E-state index in [1.165, 1.54) is 6.20 Å². The van der Waals surface area contributed by atoms with Crippen LogP contribution in [0, 0.1) is 23.7 Å². The van der Waals surface area contributed by atoms with Crippen LogP contribution in [0.1, 0.15) is 33.4 Å². The Labute approximate surface area is 189 Å². The third-order valence-corrected chi connectivity index (χ3v) is 6.87. The van der Waals surface area contributed by atoms with Crippen LogP contribution in [0.15, 0.2) is 21.9 Å². The molecule has 0 saturated carbocycles. The summed E-state index contributed by atoms with van der Waals surface area (Å²) in [6.07, 6.45) is 3.94. The normalized spacial score (nSPS) is 32.2. The van der Waals surface area contributed by atoms with Crippen molar-refractivity contribution >= 4 is 13.8 Å². The molecule has 33 heavy (non-hydrogen) atoms. The Morgan fingerprint density at radius 1 is 1.48 bits per heavy atom. The summed E-state index contributed by atoms with van der Waals surface area (Å²) in [6.45, 7) is 4.09. The SMILES string of the molecule is C#C[C@]1(C)[C@@H]2O[P@@](=O)(OCCC(CO)C(=O)OC(C)C)OC[C@H]2O[C@H]1n1ccc(=O)[nH]c1=O. The highest BCUT2D eigenvalue weighted by atomic mass is 31.2. The van der Waals surface area contributed by atoms with Crippen molar-refractivity contribution in [3.05, 3.63) is 33.1 Å². The molecule has 1 aromatic rings. The molecule has 0 aliphatic carbocycles. The third kappa shape index (κ3) is 5.30. The fourth-order valence-electron chi connectivity index (χ4n) is 3.65. The van der Waals surface area contributed by atoms with Crippen molar-refractivity contribution in [3.8, 4) is 12.3 Å². The highest BCUT2D eigenvalue weighted by Crippen LogP contribution is 2.60. The smallest absolute Gasteiger partial charge is 0.463 e. The number of aliphatic hydroxyl groups is 1. The molecule has 2 aliphatic heterocycles. The van der Waals surface area contributed by atoms with E-state index in [4.69, 9.17) is 29.5 Å². The van der Waals surface area contributed by atoms with Gasteiger partial charge in [-0.25, -0.2) is 9.36 Å². The predicted octanol–water partition coefficient (Wildman–Crippen LogP) is 0.564. The second-order valence-corrected chi connectivity index (χ2v) is 9.85. The molecule has 0 bridgehead atoms. The molecule has 182 valence electrons. The molecule has 2 saturated heterocycles. The minimum Gasteiger partial charge on any atom is -0.463 e. The number of aliphatic hydroxyl groups excluding tert-OH is 1. The molecule has 6 atom stereocenters. The third-order valence-electron chi connectivity index (χ3n) is 5.42. The summed E-state index contributed by atoms with van der Waals surface area (Å²) in [4.78, 5) is 37.8. The van der Waals surface area contributed by atoms with Gasteiger partial charge in [0.05, 0.1) is 31.8 Å². The Bertz CT molecular complexity index is 1080. The predicted molar refractivity (Wildman–Crippen MR) is 113 cm³/mol. The van der Waals surface area contributed by atoms with Gasteiger partial charge in [0.25, 0.3) is 5.56 Å². The van der Waals surface area contributed by atoms with Crippen molar-refractivity contribution in [1.82, 2.24) is 9.55 Å². The lowest BCUT2D eigenvalue weighted by molar-refractivity contribution is -0.154. The van der Waals surface area contributed by atoms with Crippen molar-refractivity contribution < 1.29 is 37.5 Å². The molecule has 0 spiro atoms. The first-order valence-electron chi connectivity index (χ1n) is 10.4. The van der Waals surface area contributed by atoms with Crippen LogP contribution >= 0.6 is 7.82 Å². The Morgan fingerprint density at radius 2 is 2.21 bits per heavy atom. The first-order valence-corrected chi connectivity index (χ1v) is 11.8. The number of esters is 1. The Morgan fingerprint density at radius 3 is 2.82 bits per heavy atom. The summed E-state index contributed by atoms with van der Waals surface area (Å²) in [6, 6.07) is 1.15. The molecule has 0 radical (unpaired) electrons. The van der Waals surface area contributed by atoms with Gasteiger partial charge >= 0.3 is 19.5 Å². The number of carbonyl (C=O) groups is 1. The largest absolute Gasteiger partial charge is 0.475 e. The van der Waals surface area contributed by atoms with Gasteiger partial charge in [-0.1, -0.05) is 5.92 Å². The molecule has 0 aromatic carbocycles. The van der Waals surface area contributed by atoms with Gasteiger partial charge in [0, 0.05) is 12.3 Å². The van der Waals surface area contributed by atoms with Crippen LogP contribution in [-0.2, 0) is 32.4 Å². The summed E-state index contributed by atoms with van der Waals surface area (Å²) in [5.41, 5.74) is -2.56. The molecule has 2 aliphatic rings. The van der Waals surface area contributed by atoms with Crippen molar-refractivity contribution in [1.29, 1.82) is 0 Å². The monoisotopic (exact) mass is 486 g/mol. The van der Waals surface area contributed by atoms with Crippen molar-refractivity contribution in [2.45, 2.75) is 51.7 Å². The standard InChI is InChI=1S/C20H27N2O10P/c1-5-20(4)16-14(31-18(20)22-8-6-15(24)21-19(22)26)11-29-33(27,32-16)28-9-7-13(10-23)17(25)30-12(2)3/h1,6,8,12-14,16,18,23H,7,9-11H2,2-4H3,(H,21,24,26)/t13?,14-,16-,18-,20-,33+/m1/s1. The number of carbonyl (C=O) groups excluding carboxylic acids is 1. The first-order chi connectivity index (χ1) is 15.5. The second-order valence-electron chi connectivity index (χ2n) is 8.23. The number of aromatic nitrogens is 2. The van der Waals surface area contributed by atoms with Gasteiger partial charge in [-0.2, -0.15) is 0 Å². The second kappa shape index (κ2) is 9.93. The first kappa shape index (κ1) is 25.4. The highest BCUT2D eigenvalue weighted by Gasteiger charge is 2.60. The fraction of sp³-hybridized carbons (Fsp3) is 0.650. The molecular weight excluding hydrogens is 459 g/mol. The number of nitrogens with zero attached hydrogens (tertiary/aromatic N) is 1. The number of rotatable bonds is 8. The Kier molecular flexibility index (Phi) is 7.63. The minimum atomic E-state index is -4.09. The summed E-state index contributed by atoms with van der Waals surface area (Å²) in [5, 5.41) is 9.43. The van der Waals surface area contributed by atoms with Crippen molar-refractivity contribution in [3.63, 3.8) is 0 Å². The van der Waals surface area contributed by atoms with E-state index in [0.29, 0.717) is 0 Å². The van der Waals surface area contributed by atoms with Crippen LogP contribution in [0.3, 0.4) is 0 Å². The average Bonchev–Trinajstić information content (AvgIpc) is 3.03. The van der Waals surface area contributed by atoms with Crippen molar-refractivity contribution in [2.24, 2.45) is 11.3 Å². The number of hydrogen-bond donors (Lipinski definition) is 2. The van der Waals surface area contributed by atoms with E-state index in [2.05, 4.69) is 10.9 Å². The van der Waals surface area contributed by atoms with E-state index >= 15 is 0 Å². The molecule has 1 unspecified atom stereocenters. The van der Waals surface area contributed by atoms with Crippen LogP contribution in [0.2, 0.25) is 0 Å². The van der Waals surface area contributed by atoms with E-state index in [0.717, 1.165) is 10.6 Å². The zero-order valence-corrected chi connectivity index (χ0v) is 19.4. The lowest BCUT2D eigenvalue weighted by Crippen LogP contribution is -2.43. The molecule has 2 fully saturated rings. The molecule has 1 aromatic heterocycles. The summed E-state index contributed by atoms with van der Waals surface area (Å²) >= 11 is 0. The molecule has 3 rings (SSSR count). The molecule has 13 heteroatoms. The van der Waals surface area contributed by atoms with Crippen LogP contribution < -0.4 is 11.2 Å². The Balaban J connectivity index is 1.71. The van der Waals surface area contributed by atoms with E-state index in [-0.39, 0.29) is 25.7 Å². The number of terminal acetylenes is 1. The van der Waals surface area contributed by atoms with Crippen LogP contribution in [0.5, 0.6) is 0 Å². The number of phosphoric acid groups is 1. The number of H-pyrrole nitrogens is 1. The van der Waals surface area contributed by atoms with Gasteiger partial charge < -0.3 is 14.6 Å². The maximum atomic E-state index is 13.1. The number of phosphoric ester groups is 1. The maximum absolute atomic E-state index is 13.1. The van der Waals surface area contributed by atoms with Crippen molar-refractivity contribution in [2.75, 3.05) is 19.8 Å². The van der Waals surface area contributed by atoms with E-state index < -0.39 is 61.4 Å².